The van der Waals surface area contributed by atoms with Gasteiger partial charge in [0.2, 0.25) is 0 Å². The molecule has 0 fully saturated rings. The second-order valence-electron chi connectivity index (χ2n) is 3.47. The molecule has 5 nitrogen and oxygen atoms in total. The molecule has 0 aliphatic heterocycles. The first kappa shape index (κ1) is 10.4. The van der Waals surface area contributed by atoms with Crippen molar-refractivity contribution in [3.63, 3.8) is 0 Å². The lowest BCUT2D eigenvalue weighted by Crippen LogP contribution is -2.07. The molecule has 0 aromatic carbocycles. The van der Waals surface area contributed by atoms with E-state index in [1.807, 2.05) is 13.8 Å². The highest BCUT2D eigenvalue weighted by molar-refractivity contribution is 5.91. The molecule has 0 radical (unpaired) electrons. The summed E-state index contributed by atoms with van der Waals surface area (Å²) in [6, 6.07) is 3.13. The Kier molecular flexibility index (Phi) is 2.44. The van der Waals surface area contributed by atoms with Crippen molar-refractivity contribution >= 4 is 5.97 Å². The molecule has 2 rings (SSSR count). The maximum Gasteiger partial charge on any atom is 0.339 e. The Hall–Kier alpha value is -2.17. The third-order valence-corrected chi connectivity index (χ3v) is 2.50. The van der Waals surface area contributed by atoms with Crippen molar-refractivity contribution in [1.82, 2.24) is 14.5 Å². The topological polar surface area (TPSA) is 68.0 Å². The quantitative estimate of drug-likeness (QED) is 0.829. The molecule has 0 unspecified atom stereocenters. The predicted molar refractivity (Wildman–Crippen MR) is 57.8 cm³/mol. The van der Waals surface area contributed by atoms with E-state index in [0.29, 0.717) is 5.82 Å². The van der Waals surface area contributed by atoms with Crippen molar-refractivity contribution in [3.8, 4) is 5.82 Å². The van der Waals surface area contributed by atoms with Crippen LogP contribution >= 0.6 is 0 Å². The van der Waals surface area contributed by atoms with Crippen LogP contribution in [0, 0.1) is 13.8 Å². The fourth-order valence-electron chi connectivity index (χ4n) is 1.47. The number of hydrogen-bond donors (Lipinski definition) is 1. The molecular formula is C11H11N3O2. The van der Waals surface area contributed by atoms with Crippen molar-refractivity contribution < 1.29 is 9.90 Å². The molecular weight excluding hydrogens is 206 g/mol. The van der Waals surface area contributed by atoms with Crippen molar-refractivity contribution in [2.45, 2.75) is 13.8 Å². The molecule has 0 saturated heterocycles. The number of rotatable bonds is 2. The molecule has 0 saturated carbocycles. The Balaban J connectivity index is 2.64. The van der Waals surface area contributed by atoms with Crippen LogP contribution in [-0.2, 0) is 0 Å². The van der Waals surface area contributed by atoms with Gasteiger partial charge in [-0.15, -0.1) is 0 Å². The van der Waals surface area contributed by atoms with Crippen LogP contribution in [0.25, 0.3) is 5.82 Å². The van der Waals surface area contributed by atoms with Gasteiger partial charge >= 0.3 is 5.97 Å². The van der Waals surface area contributed by atoms with Crippen molar-refractivity contribution in [3.05, 3.63) is 41.6 Å². The van der Waals surface area contributed by atoms with Crippen LogP contribution in [0.5, 0.6) is 0 Å². The number of carboxylic acid groups (broad SMARTS) is 1. The predicted octanol–water partition coefficient (Wildman–Crippen LogP) is 1.58. The first-order valence-electron chi connectivity index (χ1n) is 4.80. The Labute approximate surface area is 92.4 Å². The third-order valence-electron chi connectivity index (χ3n) is 2.50. The SMILES string of the molecule is Cc1ncn(-c2ncccc2C(=O)O)c1C. The second kappa shape index (κ2) is 3.77. The van der Waals surface area contributed by atoms with Gasteiger partial charge in [-0.05, 0) is 26.0 Å². The number of carboxylic acids is 1. The van der Waals surface area contributed by atoms with Crippen LogP contribution in [0.15, 0.2) is 24.7 Å². The molecule has 0 bridgehead atoms. The van der Waals surface area contributed by atoms with E-state index >= 15 is 0 Å². The van der Waals surface area contributed by atoms with Gasteiger partial charge in [0.05, 0.1) is 5.69 Å². The molecule has 5 heteroatoms. The minimum atomic E-state index is -0.992. The van der Waals surface area contributed by atoms with E-state index in [1.54, 1.807) is 23.2 Å². The van der Waals surface area contributed by atoms with E-state index in [2.05, 4.69) is 9.97 Å². The zero-order chi connectivity index (χ0) is 11.7. The van der Waals surface area contributed by atoms with Crippen LogP contribution in [0.1, 0.15) is 21.7 Å². The molecule has 2 heterocycles. The van der Waals surface area contributed by atoms with Gasteiger partial charge < -0.3 is 5.11 Å². The number of imidazole rings is 1. The molecule has 0 amide bonds. The summed E-state index contributed by atoms with van der Waals surface area (Å²) in [6.07, 6.45) is 3.15. The highest BCUT2D eigenvalue weighted by Gasteiger charge is 2.14. The monoisotopic (exact) mass is 217 g/mol. The van der Waals surface area contributed by atoms with E-state index in [-0.39, 0.29) is 5.56 Å². The Bertz CT molecular complexity index is 546. The number of nitrogens with zero attached hydrogens (tertiary/aromatic N) is 3. The lowest BCUT2D eigenvalue weighted by molar-refractivity contribution is 0.0696. The summed E-state index contributed by atoms with van der Waals surface area (Å²) < 4.78 is 1.68. The number of hydrogen-bond acceptors (Lipinski definition) is 3. The molecule has 2 aromatic heterocycles. The smallest absolute Gasteiger partial charge is 0.339 e. The van der Waals surface area contributed by atoms with Gasteiger partial charge in [0.25, 0.3) is 0 Å². The summed E-state index contributed by atoms with van der Waals surface area (Å²) >= 11 is 0. The summed E-state index contributed by atoms with van der Waals surface area (Å²) in [5, 5.41) is 9.05. The average Bonchev–Trinajstić information content (AvgIpc) is 2.60. The van der Waals surface area contributed by atoms with Crippen molar-refractivity contribution in [1.29, 1.82) is 0 Å². The normalized spacial score (nSPS) is 10.4. The fraction of sp³-hybridized carbons (Fsp3) is 0.182. The van der Waals surface area contributed by atoms with E-state index in [4.69, 9.17) is 5.11 Å². The summed E-state index contributed by atoms with van der Waals surface area (Å²) in [5.74, 6) is -0.595. The van der Waals surface area contributed by atoms with Gasteiger partial charge in [-0.3, -0.25) is 4.57 Å². The minimum absolute atomic E-state index is 0.169. The van der Waals surface area contributed by atoms with Gasteiger partial charge in [-0.1, -0.05) is 0 Å². The van der Waals surface area contributed by atoms with Crippen molar-refractivity contribution in [2.24, 2.45) is 0 Å². The number of aryl methyl sites for hydroxylation is 1. The zero-order valence-electron chi connectivity index (χ0n) is 9.01. The Morgan fingerprint density at radius 2 is 2.12 bits per heavy atom. The van der Waals surface area contributed by atoms with Gasteiger partial charge in [-0.25, -0.2) is 14.8 Å². The largest absolute Gasteiger partial charge is 0.478 e. The van der Waals surface area contributed by atoms with Crippen molar-refractivity contribution in [2.75, 3.05) is 0 Å². The van der Waals surface area contributed by atoms with E-state index in [0.717, 1.165) is 11.4 Å². The molecule has 1 N–H and O–H groups in total. The molecule has 2 aromatic rings. The second-order valence-corrected chi connectivity index (χ2v) is 3.47. The fourth-order valence-corrected chi connectivity index (χ4v) is 1.47. The summed E-state index contributed by atoms with van der Waals surface area (Å²) in [6.45, 7) is 3.75. The van der Waals surface area contributed by atoms with Crippen LogP contribution in [0.4, 0.5) is 0 Å². The summed E-state index contributed by atoms with van der Waals surface area (Å²) in [7, 11) is 0. The van der Waals surface area contributed by atoms with E-state index in [1.165, 1.54) is 6.07 Å². The van der Waals surface area contributed by atoms with Gasteiger partial charge in [0.15, 0.2) is 5.82 Å². The number of pyridine rings is 1. The van der Waals surface area contributed by atoms with Gasteiger partial charge in [0, 0.05) is 11.9 Å². The van der Waals surface area contributed by atoms with Crippen LogP contribution < -0.4 is 0 Å². The lowest BCUT2D eigenvalue weighted by atomic mass is 10.2. The molecule has 0 spiro atoms. The van der Waals surface area contributed by atoms with Crippen LogP contribution in [0.2, 0.25) is 0 Å². The maximum atomic E-state index is 11.0. The van der Waals surface area contributed by atoms with E-state index < -0.39 is 5.97 Å². The van der Waals surface area contributed by atoms with Gasteiger partial charge in [-0.2, -0.15) is 0 Å². The van der Waals surface area contributed by atoms with Crippen LogP contribution in [-0.4, -0.2) is 25.6 Å². The number of aromatic nitrogens is 3. The molecule has 16 heavy (non-hydrogen) atoms. The van der Waals surface area contributed by atoms with Crippen LogP contribution in [0.3, 0.4) is 0 Å². The lowest BCUT2D eigenvalue weighted by Gasteiger charge is -2.07. The molecule has 0 atom stereocenters. The maximum absolute atomic E-state index is 11.0. The third kappa shape index (κ3) is 1.56. The minimum Gasteiger partial charge on any atom is -0.478 e. The summed E-state index contributed by atoms with van der Waals surface area (Å²) in [4.78, 5) is 19.2. The first-order chi connectivity index (χ1) is 7.61. The molecule has 82 valence electrons. The number of aromatic carboxylic acids is 1. The highest BCUT2D eigenvalue weighted by Crippen LogP contribution is 2.15. The highest BCUT2D eigenvalue weighted by atomic mass is 16.4. The molecule has 0 aliphatic rings. The summed E-state index contributed by atoms with van der Waals surface area (Å²) in [5.41, 5.74) is 1.92. The van der Waals surface area contributed by atoms with Gasteiger partial charge in [0.1, 0.15) is 11.9 Å². The Morgan fingerprint density at radius 1 is 1.38 bits per heavy atom. The zero-order valence-corrected chi connectivity index (χ0v) is 9.01. The van der Waals surface area contributed by atoms with E-state index in [9.17, 15) is 4.79 Å². The Morgan fingerprint density at radius 3 is 2.69 bits per heavy atom. The average molecular weight is 217 g/mol. The molecule has 0 aliphatic carbocycles. The number of carbonyl (C=O) groups is 1. The standard InChI is InChI=1S/C11H11N3O2/c1-7-8(2)14(6-13-7)10-9(11(15)16)4-3-5-12-10/h3-6H,1-2H3,(H,15,16). The first-order valence-corrected chi connectivity index (χ1v) is 4.80.